The highest BCUT2D eigenvalue weighted by molar-refractivity contribution is 5.86. The molecule has 0 unspecified atom stereocenters. The van der Waals surface area contributed by atoms with Crippen LogP contribution in [0.4, 0.5) is 10.6 Å². The molecule has 2 amide bonds. The van der Waals surface area contributed by atoms with Crippen LogP contribution in [0.25, 0.3) is 0 Å². The minimum Gasteiger partial charge on any atom is -0.351 e. The van der Waals surface area contributed by atoms with Crippen molar-refractivity contribution in [3.8, 4) is 0 Å². The van der Waals surface area contributed by atoms with Crippen molar-refractivity contribution in [1.82, 2.24) is 9.78 Å². The van der Waals surface area contributed by atoms with Gasteiger partial charge in [0.2, 0.25) is 0 Å². The van der Waals surface area contributed by atoms with Gasteiger partial charge in [-0.2, -0.15) is 5.10 Å². The standard InChI is InChI=1S/C5H8N4O/c1-9-4(2-3-7-9)8-5(6)10/h2-3H,1H3,(H3,6,8,10). The van der Waals surface area contributed by atoms with E-state index in [9.17, 15) is 4.79 Å². The fourth-order valence-electron chi connectivity index (χ4n) is 0.623. The van der Waals surface area contributed by atoms with E-state index in [4.69, 9.17) is 5.73 Å². The van der Waals surface area contributed by atoms with Crippen molar-refractivity contribution in [3.05, 3.63) is 12.3 Å². The molecule has 0 bridgehead atoms. The first-order chi connectivity index (χ1) is 4.70. The third kappa shape index (κ3) is 1.25. The Hall–Kier alpha value is -1.52. The number of nitrogens with one attached hydrogen (secondary N) is 1. The normalized spacial score (nSPS) is 9.30. The molecule has 3 N–H and O–H groups in total. The first kappa shape index (κ1) is 6.60. The highest BCUT2D eigenvalue weighted by atomic mass is 16.2. The summed E-state index contributed by atoms with van der Waals surface area (Å²) in [7, 11) is 1.71. The van der Waals surface area contributed by atoms with Crippen molar-refractivity contribution in [2.24, 2.45) is 12.8 Å². The summed E-state index contributed by atoms with van der Waals surface area (Å²) in [6.45, 7) is 0. The lowest BCUT2D eigenvalue weighted by molar-refractivity contribution is 0.259. The van der Waals surface area contributed by atoms with Crippen LogP contribution in [0.2, 0.25) is 0 Å². The number of aryl methyl sites for hydroxylation is 1. The number of urea groups is 1. The quantitative estimate of drug-likeness (QED) is 0.572. The number of amides is 2. The number of hydrogen-bond acceptors (Lipinski definition) is 2. The van der Waals surface area contributed by atoms with E-state index in [2.05, 4.69) is 10.4 Å². The Morgan fingerprint density at radius 3 is 3.00 bits per heavy atom. The lowest BCUT2D eigenvalue weighted by Crippen LogP contribution is -2.20. The van der Waals surface area contributed by atoms with Gasteiger partial charge in [-0.25, -0.2) is 4.79 Å². The summed E-state index contributed by atoms with van der Waals surface area (Å²) >= 11 is 0. The number of hydrogen-bond donors (Lipinski definition) is 2. The maximum absolute atomic E-state index is 10.3. The summed E-state index contributed by atoms with van der Waals surface area (Å²) < 4.78 is 1.52. The maximum Gasteiger partial charge on any atom is 0.317 e. The molecule has 1 rings (SSSR count). The van der Waals surface area contributed by atoms with Gasteiger partial charge in [0.05, 0.1) is 6.20 Å². The third-order valence-electron chi connectivity index (χ3n) is 1.07. The van der Waals surface area contributed by atoms with Gasteiger partial charge in [0.25, 0.3) is 0 Å². The second-order valence-electron chi connectivity index (χ2n) is 1.83. The SMILES string of the molecule is Cn1nccc1NC(N)=O. The van der Waals surface area contributed by atoms with E-state index in [1.807, 2.05) is 0 Å². The van der Waals surface area contributed by atoms with Gasteiger partial charge in [-0.1, -0.05) is 0 Å². The van der Waals surface area contributed by atoms with E-state index in [1.165, 1.54) is 4.68 Å². The third-order valence-corrected chi connectivity index (χ3v) is 1.07. The Kier molecular flexibility index (Phi) is 1.57. The maximum atomic E-state index is 10.3. The van der Waals surface area contributed by atoms with Crippen molar-refractivity contribution >= 4 is 11.8 Å². The van der Waals surface area contributed by atoms with Crippen LogP contribution in [-0.2, 0) is 7.05 Å². The summed E-state index contributed by atoms with van der Waals surface area (Å²) in [5.41, 5.74) is 4.86. The first-order valence-electron chi connectivity index (χ1n) is 2.74. The van der Waals surface area contributed by atoms with E-state index < -0.39 is 6.03 Å². The minimum atomic E-state index is -0.580. The zero-order valence-electron chi connectivity index (χ0n) is 5.53. The number of primary amides is 1. The highest BCUT2D eigenvalue weighted by Gasteiger charge is 1.97. The predicted octanol–water partition coefficient (Wildman–Crippen LogP) is -0.0893. The van der Waals surface area contributed by atoms with Crippen LogP contribution in [-0.4, -0.2) is 15.8 Å². The highest BCUT2D eigenvalue weighted by Crippen LogP contribution is 2.01. The number of rotatable bonds is 1. The summed E-state index contributed by atoms with van der Waals surface area (Å²) in [6.07, 6.45) is 1.57. The number of carbonyl (C=O) groups excluding carboxylic acids is 1. The Labute approximate surface area is 57.8 Å². The van der Waals surface area contributed by atoms with Gasteiger partial charge >= 0.3 is 6.03 Å². The van der Waals surface area contributed by atoms with Crippen LogP contribution in [0.1, 0.15) is 0 Å². The largest absolute Gasteiger partial charge is 0.351 e. The Morgan fingerprint density at radius 2 is 2.60 bits per heavy atom. The Balaban J connectivity index is 2.74. The molecule has 5 nitrogen and oxygen atoms in total. The van der Waals surface area contributed by atoms with Gasteiger partial charge in [-0.3, -0.25) is 10.00 Å². The van der Waals surface area contributed by atoms with Gasteiger partial charge < -0.3 is 5.73 Å². The summed E-state index contributed by atoms with van der Waals surface area (Å²) in [6, 6.07) is 1.08. The molecule has 0 aliphatic rings. The first-order valence-corrected chi connectivity index (χ1v) is 2.74. The monoisotopic (exact) mass is 140 g/mol. The fraction of sp³-hybridized carbons (Fsp3) is 0.200. The Morgan fingerprint density at radius 1 is 1.90 bits per heavy atom. The summed E-state index contributed by atoms with van der Waals surface area (Å²) in [5.74, 6) is 0.590. The van der Waals surface area contributed by atoms with E-state index in [1.54, 1.807) is 19.3 Å². The lowest BCUT2D eigenvalue weighted by Gasteiger charge is -1.99. The van der Waals surface area contributed by atoms with Crippen LogP contribution < -0.4 is 11.1 Å². The molecule has 5 heteroatoms. The summed E-state index contributed by atoms with van der Waals surface area (Å²) in [5, 5.41) is 6.21. The molecular formula is C5H8N4O. The zero-order valence-corrected chi connectivity index (χ0v) is 5.53. The van der Waals surface area contributed by atoms with E-state index in [0.29, 0.717) is 5.82 Å². The number of carbonyl (C=O) groups is 1. The number of nitrogens with zero attached hydrogens (tertiary/aromatic N) is 2. The van der Waals surface area contributed by atoms with E-state index >= 15 is 0 Å². The minimum absolute atomic E-state index is 0.580. The van der Waals surface area contributed by atoms with Crippen molar-refractivity contribution in [2.45, 2.75) is 0 Å². The average molecular weight is 140 g/mol. The molecule has 0 aromatic carbocycles. The van der Waals surface area contributed by atoms with E-state index in [0.717, 1.165) is 0 Å². The molecule has 0 radical (unpaired) electrons. The Bertz CT molecular complexity index is 242. The van der Waals surface area contributed by atoms with Crippen LogP contribution in [0.5, 0.6) is 0 Å². The van der Waals surface area contributed by atoms with Crippen molar-refractivity contribution < 1.29 is 4.79 Å². The van der Waals surface area contributed by atoms with Gasteiger partial charge in [0.15, 0.2) is 0 Å². The lowest BCUT2D eigenvalue weighted by atomic mass is 10.6. The molecule has 0 saturated carbocycles. The van der Waals surface area contributed by atoms with Crippen LogP contribution >= 0.6 is 0 Å². The second-order valence-corrected chi connectivity index (χ2v) is 1.83. The average Bonchev–Trinajstić information content (AvgIpc) is 2.15. The van der Waals surface area contributed by atoms with Crippen LogP contribution in [0, 0.1) is 0 Å². The molecule has 54 valence electrons. The molecular weight excluding hydrogens is 132 g/mol. The molecule has 1 heterocycles. The van der Waals surface area contributed by atoms with E-state index in [-0.39, 0.29) is 0 Å². The molecule has 1 aromatic rings. The topological polar surface area (TPSA) is 72.9 Å². The number of nitrogens with two attached hydrogens (primary N) is 1. The van der Waals surface area contributed by atoms with Crippen molar-refractivity contribution in [3.63, 3.8) is 0 Å². The van der Waals surface area contributed by atoms with Gasteiger partial charge in [-0.15, -0.1) is 0 Å². The van der Waals surface area contributed by atoms with Crippen molar-refractivity contribution in [1.29, 1.82) is 0 Å². The van der Waals surface area contributed by atoms with Crippen LogP contribution in [0.15, 0.2) is 12.3 Å². The molecule has 0 spiro atoms. The molecule has 0 aliphatic carbocycles. The molecule has 10 heavy (non-hydrogen) atoms. The number of anilines is 1. The van der Waals surface area contributed by atoms with Gasteiger partial charge in [-0.05, 0) is 0 Å². The molecule has 0 atom stereocenters. The zero-order chi connectivity index (χ0) is 7.56. The molecule has 0 fully saturated rings. The van der Waals surface area contributed by atoms with Gasteiger partial charge in [0, 0.05) is 13.1 Å². The second kappa shape index (κ2) is 2.38. The molecule has 1 aromatic heterocycles. The molecule has 0 saturated heterocycles. The van der Waals surface area contributed by atoms with Gasteiger partial charge in [0.1, 0.15) is 5.82 Å². The summed E-state index contributed by atoms with van der Waals surface area (Å²) in [4.78, 5) is 10.3. The fourth-order valence-corrected chi connectivity index (χ4v) is 0.623. The van der Waals surface area contributed by atoms with Crippen molar-refractivity contribution in [2.75, 3.05) is 5.32 Å². The number of aromatic nitrogens is 2. The van der Waals surface area contributed by atoms with Crippen LogP contribution in [0.3, 0.4) is 0 Å². The predicted molar refractivity (Wildman–Crippen MR) is 36.4 cm³/mol. The molecule has 0 aliphatic heterocycles. The smallest absolute Gasteiger partial charge is 0.317 e.